The van der Waals surface area contributed by atoms with E-state index in [0.29, 0.717) is 37.7 Å². The van der Waals surface area contributed by atoms with Gasteiger partial charge in [-0.1, -0.05) is 54.1 Å². The van der Waals surface area contributed by atoms with E-state index in [1.165, 1.54) is 0 Å². The Bertz CT molecular complexity index is 918. The van der Waals surface area contributed by atoms with E-state index in [9.17, 15) is 4.79 Å². The van der Waals surface area contributed by atoms with Gasteiger partial charge >= 0.3 is 0 Å². The Labute approximate surface area is 174 Å². The fourth-order valence-corrected chi connectivity index (χ4v) is 3.72. The zero-order chi connectivity index (χ0) is 20.1. The van der Waals surface area contributed by atoms with E-state index in [0.717, 1.165) is 11.1 Å². The van der Waals surface area contributed by atoms with Gasteiger partial charge in [0.15, 0.2) is 0 Å². The number of hydrogen-bond acceptors (Lipinski definition) is 5. The molecule has 1 aromatic heterocycles. The highest BCUT2D eigenvalue weighted by Crippen LogP contribution is 2.27. The first-order valence-corrected chi connectivity index (χ1v) is 9.97. The fourth-order valence-electron chi connectivity index (χ4n) is 3.60. The van der Waals surface area contributed by atoms with E-state index < -0.39 is 0 Å². The van der Waals surface area contributed by atoms with Crippen molar-refractivity contribution in [3.8, 4) is 0 Å². The van der Waals surface area contributed by atoms with E-state index in [2.05, 4.69) is 15.5 Å². The Kier molecular flexibility index (Phi) is 6.17. The number of benzene rings is 2. The van der Waals surface area contributed by atoms with Gasteiger partial charge in [-0.05, 0) is 33.7 Å². The van der Waals surface area contributed by atoms with Crippen LogP contribution in [0.25, 0.3) is 0 Å². The first-order chi connectivity index (χ1) is 14.2. The highest BCUT2D eigenvalue weighted by molar-refractivity contribution is 6.30. The first-order valence-electron chi connectivity index (χ1n) is 9.59. The summed E-state index contributed by atoms with van der Waals surface area (Å²) in [6.45, 7) is 2.21. The summed E-state index contributed by atoms with van der Waals surface area (Å²) in [5.74, 6) is 0.0449. The van der Waals surface area contributed by atoms with Gasteiger partial charge in [0.1, 0.15) is 12.4 Å². The molecular formula is C21H22ClN5O2. The van der Waals surface area contributed by atoms with Gasteiger partial charge in [-0.15, -0.1) is 5.10 Å². The third-order valence-corrected chi connectivity index (χ3v) is 5.40. The third kappa shape index (κ3) is 4.99. The van der Waals surface area contributed by atoms with Crippen LogP contribution in [0.15, 0.2) is 60.9 Å². The predicted octanol–water partition coefficient (Wildman–Crippen LogP) is 3.10. The zero-order valence-electron chi connectivity index (χ0n) is 15.9. The summed E-state index contributed by atoms with van der Waals surface area (Å²) in [5, 5.41) is 12.0. The molecule has 1 amide bonds. The number of carbonyl (C=O) groups excluding carboxylic acids is 1. The molecule has 1 aliphatic rings. The van der Waals surface area contributed by atoms with Crippen LogP contribution in [0.2, 0.25) is 5.02 Å². The number of rotatable bonds is 6. The summed E-state index contributed by atoms with van der Waals surface area (Å²) in [6.07, 6.45) is 1.83. The number of tetrazole rings is 1. The molecule has 0 N–H and O–H groups in total. The van der Waals surface area contributed by atoms with Crippen molar-refractivity contribution in [3.05, 3.63) is 77.1 Å². The van der Waals surface area contributed by atoms with Crippen molar-refractivity contribution < 1.29 is 9.53 Å². The molecule has 0 unspecified atom stereocenters. The van der Waals surface area contributed by atoms with Gasteiger partial charge in [-0.2, -0.15) is 0 Å². The van der Waals surface area contributed by atoms with Crippen LogP contribution in [0.3, 0.4) is 0 Å². The maximum Gasteiger partial charge on any atom is 0.223 e. The van der Waals surface area contributed by atoms with Crippen molar-refractivity contribution in [2.24, 2.45) is 0 Å². The van der Waals surface area contributed by atoms with Crippen molar-refractivity contribution in [2.45, 2.75) is 25.0 Å². The third-order valence-electron chi connectivity index (χ3n) is 5.15. The van der Waals surface area contributed by atoms with E-state index >= 15 is 0 Å². The number of ether oxygens (including phenoxy) is 1. The van der Waals surface area contributed by atoms with Gasteiger partial charge in [-0.25, -0.2) is 4.68 Å². The van der Waals surface area contributed by atoms with Gasteiger partial charge in [0.05, 0.1) is 19.7 Å². The first kappa shape index (κ1) is 19.5. The van der Waals surface area contributed by atoms with Crippen LogP contribution in [-0.2, 0) is 16.1 Å². The Morgan fingerprint density at radius 3 is 2.69 bits per heavy atom. The summed E-state index contributed by atoms with van der Waals surface area (Å²) in [6, 6.07) is 17.6. The van der Waals surface area contributed by atoms with Crippen LogP contribution in [0.1, 0.15) is 29.6 Å². The second kappa shape index (κ2) is 9.15. The highest BCUT2D eigenvalue weighted by Gasteiger charge is 2.27. The maximum atomic E-state index is 13.1. The lowest BCUT2D eigenvalue weighted by atomic mass is 9.94. The standard InChI is InChI=1S/C21H22ClN5O2/c22-19-8-6-16(7-9-19)18(13-27-15-23-24-25-27)12-21(28)26-10-11-29-20(14-26)17-4-2-1-3-5-17/h1-9,15,18,20H,10-14H2/t18-,20-/m0/s1. The average molecular weight is 412 g/mol. The van der Waals surface area contributed by atoms with Gasteiger partial charge < -0.3 is 9.64 Å². The normalized spacial score (nSPS) is 17.8. The van der Waals surface area contributed by atoms with Crippen molar-refractivity contribution in [1.29, 1.82) is 0 Å². The lowest BCUT2D eigenvalue weighted by Crippen LogP contribution is -2.42. The lowest BCUT2D eigenvalue weighted by molar-refractivity contribution is -0.139. The Morgan fingerprint density at radius 1 is 1.17 bits per heavy atom. The molecule has 0 spiro atoms. The number of morpholine rings is 1. The Hall–Kier alpha value is -2.77. The van der Waals surface area contributed by atoms with E-state index in [4.69, 9.17) is 16.3 Å². The minimum Gasteiger partial charge on any atom is -0.370 e. The summed E-state index contributed by atoms with van der Waals surface area (Å²) in [7, 11) is 0. The Balaban J connectivity index is 1.47. The van der Waals surface area contributed by atoms with Crippen molar-refractivity contribution in [1.82, 2.24) is 25.1 Å². The van der Waals surface area contributed by atoms with Crippen LogP contribution < -0.4 is 0 Å². The largest absolute Gasteiger partial charge is 0.370 e. The number of nitrogens with zero attached hydrogens (tertiary/aromatic N) is 5. The summed E-state index contributed by atoms with van der Waals surface area (Å²) < 4.78 is 7.54. The lowest BCUT2D eigenvalue weighted by Gasteiger charge is -2.34. The fraction of sp³-hybridized carbons (Fsp3) is 0.333. The number of hydrogen-bond donors (Lipinski definition) is 0. The predicted molar refractivity (Wildman–Crippen MR) is 108 cm³/mol. The molecule has 1 saturated heterocycles. The average Bonchev–Trinajstić information content (AvgIpc) is 3.28. The summed E-state index contributed by atoms with van der Waals surface area (Å²) >= 11 is 6.03. The Morgan fingerprint density at radius 2 is 1.97 bits per heavy atom. The molecule has 4 rings (SSSR count). The molecule has 8 heteroatoms. The quantitative estimate of drug-likeness (QED) is 0.623. The molecule has 1 fully saturated rings. The molecule has 3 aromatic rings. The van der Waals surface area contributed by atoms with E-state index in [1.807, 2.05) is 59.5 Å². The minimum absolute atomic E-state index is 0.0544. The van der Waals surface area contributed by atoms with Gasteiger partial charge in [0, 0.05) is 23.9 Å². The van der Waals surface area contributed by atoms with Gasteiger partial charge in [0.2, 0.25) is 5.91 Å². The molecule has 2 aromatic carbocycles. The number of carbonyl (C=O) groups is 1. The van der Waals surface area contributed by atoms with E-state index in [-0.39, 0.29) is 17.9 Å². The van der Waals surface area contributed by atoms with E-state index in [1.54, 1.807) is 11.0 Å². The van der Waals surface area contributed by atoms with Gasteiger partial charge in [-0.3, -0.25) is 4.79 Å². The molecule has 0 saturated carbocycles. The number of aromatic nitrogens is 4. The SMILES string of the molecule is O=C(C[C@@H](Cn1cnnn1)c1ccc(Cl)cc1)N1CCO[C@H](c2ccccc2)C1. The van der Waals surface area contributed by atoms with Crippen molar-refractivity contribution in [3.63, 3.8) is 0 Å². The smallest absolute Gasteiger partial charge is 0.223 e. The molecule has 29 heavy (non-hydrogen) atoms. The molecule has 0 radical (unpaired) electrons. The van der Waals surface area contributed by atoms with Crippen molar-refractivity contribution >= 4 is 17.5 Å². The molecule has 1 aliphatic heterocycles. The van der Waals surface area contributed by atoms with Crippen molar-refractivity contribution in [2.75, 3.05) is 19.7 Å². The van der Waals surface area contributed by atoms with Crippen LogP contribution in [-0.4, -0.2) is 50.7 Å². The second-order valence-electron chi connectivity index (χ2n) is 7.09. The molecule has 0 aliphatic carbocycles. The highest BCUT2D eigenvalue weighted by atomic mass is 35.5. The monoisotopic (exact) mass is 411 g/mol. The van der Waals surface area contributed by atoms with Gasteiger partial charge in [0.25, 0.3) is 0 Å². The molecular weight excluding hydrogens is 390 g/mol. The van der Waals surface area contributed by atoms with Crippen LogP contribution in [0.4, 0.5) is 0 Å². The summed E-state index contributed by atoms with van der Waals surface area (Å²) in [4.78, 5) is 15.0. The maximum absolute atomic E-state index is 13.1. The molecule has 2 atom stereocenters. The van der Waals surface area contributed by atoms with Crippen LogP contribution in [0, 0.1) is 0 Å². The topological polar surface area (TPSA) is 73.1 Å². The molecule has 7 nitrogen and oxygen atoms in total. The number of amides is 1. The molecule has 0 bridgehead atoms. The second-order valence-corrected chi connectivity index (χ2v) is 7.53. The number of halogens is 1. The van der Waals surface area contributed by atoms with Crippen LogP contribution >= 0.6 is 11.6 Å². The zero-order valence-corrected chi connectivity index (χ0v) is 16.7. The van der Waals surface area contributed by atoms with Crippen LogP contribution in [0.5, 0.6) is 0 Å². The minimum atomic E-state index is -0.0950. The molecule has 150 valence electrons. The summed E-state index contributed by atoms with van der Waals surface area (Å²) in [5.41, 5.74) is 2.12. The molecule has 2 heterocycles.